The Morgan fingerprint density at radius 1 is 1.17 bits per heavy atom. The SMILES string of the molecule is CCCN1CCN(C(CO)C(N)CC(C)C)CC1. The van der Waals surface area contributed by atoms with Gasteiger partial charge in [0.1, 0.15) is 0 Å². The molecule has 1 saturated heterocycles. The minimum absolute atomic E-state index is 0.0905. The number of rotatable bonds is 7. The Hall–Kier alpha value is -0.160. The smallest absolute Gasteiger partial charge is 0.0601 e. The fourth-order valence-electron chi connectivity index (χ4n) is 2.86. The molecule has 1 heterocycles. The Labute approximate surface area is 112 Å². The Balaban J connectivity index is 2.42. The molecule has 0 radical (unpaired) electrons. The van der Waals surface area contributed by atoms with Crippen molar-refractivity contribution in [3.8, 4) is 0 Å². The van der Waals surface area contributed by atoms with E-state index in [-0.39, 0.29) is 18.7 Å². The van der Waals surface area contributed by atoms with Gasteiger partial charge in [0.05, 0.1) is 6.61 Å². The van der Waals surface area contributed by atoms with E-state index in [4.69, 9.17) is 5.73 Å². The predicted octanol–water partition coefficient (Wildman–Crippen LogP) is 0.748. The molecule has 0 saturated carbocycles. The second-order valence-electron chi connectivity index (χ2n) is 5.92. The van der Waals surface area contributed by atoms with Crippen molar-refractivity contribution in [3.63, 3.8) is 0 Å². The van der Waals surface area contributed by atoms with E-state index in [0.29, 0.717) is 5.92 Å². The third kappa shape index (κ3) is 4.84. The molecule has 1 aliphatic heterocycles. The molecule has 4 heteroatoms. The van der Waals surface area contributed by atoms with Gasteiger partial charge < -0.3 is 15.7 Å². The summed E-state index contributed by atoms with van der Waals surface area (Å²) in [5.41, 5.74) is 6.24. The van der Waals surface area contributed by atoms with E-state index in [9.17, 15) is 5.11 Å². The van der Waals surface area contributed by atoms with Crippen molar-refractivity contribution in [1.82, 2.24) is 9.80 Å². The minimum atomic E-state index is 0.0905. The van der Waals surface area contributed by atoms with E-state index in [1.807, 2.05) is 0 Å². The predicted molar refractivity (Wildman–Crippen MR) is 76.6 cm³/mol. The second-order valence-corrected chi connectivity index (χ2v) is 5.92. The lowest BCUT2D eigenvalue weighted by atomic mass is 9.97. The van der Waals surface area contributed by atoms with Gasteiger partial charge in [-0.25, -0.2) is 0 Å². The number of nitrogens with zero attached hydrogens (tertiary/aromatic N) is 2. The van der Waals surface area contributed by atoms with Gasteiger partial charge in [0.25, 0.3) is 0 Å². The van der Waals surface area contributed by atoms with E-state index in [1.54, 1.807) is 0 Å². The number of nitrogens with two attached hydrogens (primary N) is 1. The molecule has 0 aromatic heterocycles. The summed E-state index contributed by atoms with van der Waals surface area (Å²) in [6, 6.07) is 0.226. The molecule has 1 fully saturated rings. The van der Waals surface area contributed by atoms with Crippen LogP contribution in [-0.4, -0.2) is 66.3 Å². The Kier molecular flexibility index (Phi) is 7.15. The normalized spacial score (nSPS) is 22.3. The summed E-state index contributed by atoms with van der Waals surface area (Å²) in [6.45, 7) is 12.3. The zero-order valence-electron chi connectivity index (χ0n) is 12.3. The van der Waals surface area contributed by atoms with Gasteiger partial charge in [-0.3, -0.25) is 4.90 Å². The first kappa shape index (κ1) is 15.9. The van der Waals surface area contributed by atoms with Crippen LogP contribution in [0.1, 0.15) is 33.6 Å². The summed E-state index contributed by atoms with van der Waals surface area (Å²) in [6.07, 6.45) is 2.21. The highest BCUT2D eigenvalue weighted by Gasteiger charge is 2.27. The van der Waals surface area contributed by atoms with Gasteiger partial charge in [-0.15, -0.1) is 0 Å². The molecule has 3 N–H and O–H groups in total. The van der Waals surface area contributed by atoms with Crippen molar-refractivity contribution in [3.05, 3.63) is 0 Å². The number of hydrogen-bond donors (Lipinski definition) is 2. The number of hydrogen-bond acceptors (Lipinski definition) is 4. The van der Waals surface area contributed by atoms with E-state index >= 15 is 0 Å². The molecule has 0 spiro atoms. The van der Waals surface area contributed by atoms with Crippen molar-refractivity contribution < 1.29 is 5.11 Å². The third-order valence-corrected chi connectivity index (χ3v) is 3.84. The van der Waals surface area contributed by atoms with Crippen molar-refractivity contribution in [1.29, 1.82) is 0 Å². The molecule has 4 nitrogen and oxygen atoms in total. The molecular weight excluding hydrogens is 226 g/mol. The van der Waals surface area contributed by atoms with Crippen LogP contribution in [0.5, 0.6) is 0 Å². The summed E-state index contributed by atoms with van der Waals surface area (Å²) in [5, 5.41) is 9.60. The summed E-state index contributed by atoms with van der Waals surface area (Å²) in [5.74, 6) is 0.593. The summed E-state index contributed by atoms with van der Waals surface area (Å²) < 4.78 is 0. The second kappa shape index (κ2) is 8.10. The number of piperazine rings is 1. The highest BCUT2D eigenvalue weighted by atomic mass is 16.3. The van der Waals surface area contributed by atoms with Gasteiger partial charge in [-0.2, -0.15) is 0 Å². The lowest BCUT2D eigenvalue weighted by molar-refractivity contribution is 0.0501. The first-order valence-electron chi connectivity index (χ1n) is 7.41. The van der Waals surface area contributed by atoms with Crippen molar-refractivity contribution in [2.24, 2.45) is 11.7 Å². The van der Waals surface area contributed by atoms with Gasteiger partial charge in [-0.05, 0) is 25.3 Å². The highest BCUT2D eigenvalue weighted by molar-refractivity contribution is 4.85. The Morgan fingerprint density at radius 3 is 2.22 bits per heavy atom. The number of aliphatic hydroxyl groups is 1. The van der Waals surface area contributed by atoms with E-state index < -0.39 is 0 Å². The fraction of sp³-hybridized carbons (Fsp3) is 1.00. The molecular formula is C14H31N3O. The van der Waals surface area contributed by atoms with Crippen LogP contribution >= 0.6 is 0 Å². The average Bonchev–Trinajstić information content (AvgIpc) is 2.31. The lowest BCUT2D eigenvalue weighted by Gasteiger charge is -2.41. The lowest BCUT2D eigenvalue weighted by Crippen LogP contribution is -2.57. The standard InChI is InChI=1S/C14H31N3O/c1-4-5-16-6-8-17(9-7-16)14(11-18)13(15)10-12(2)3/h12-14,18H,4-11,15H2,1-3H3. The first-order chi connectivity index (χ1) is 8.58. The molecule has 2 atom stereocenters. The summed E-state index contributed by atoms with van der Waals surface area (Å²) in [4.78, 5) is 4.87. The third-order valence-electron chi connectivity index (χ3n) is 3.84. The zero-order valence-corrected chi connectivity index (χ0v) is 12.3. The first-order valence-corrected chi connectivity index (χ1v) is 7.41. The largest absolute Gasteiger partial charge is 0.395 e. The maximum absolute atomic E-state index is 9.60. The molecule has 18 heavy (non-hydrogen) atoms. The highest BCUT2D eigenvalue weighted by Crippen LogP contribution is 2.14. The van der Waals surface area contributed by atoms with Gasteiger partial charge in [0.15, 0.2) is 0 Å². The summed E-state index contributed by atoms with van der Waals surface area (Å²) in [7, 11) is 0. The topological polar surface area (TPSA) is 52.7 Å². The summed E-state index contributed by atoms with van der Waals surface area (Å²) >= 11 is 0. The molecule has 1 rings (SSSR count). The number of aliphatic hydroxyl groups excluding tert-OH is 1. The molecule has 0 aromatic carbocycles. The quantitative estimate of drug-likeness (QED) is 0.707. The van der Waals surface area contributed by atoms with Crippen LogP contribution in [0.25, 0.3) is 0 Å². The maximum atomic E-state index is 9.60. The van der Waals surface area contributed by atoms with Crippen LogP contribution in [0, 0.1) is 5.92 Å². The van der Waals surface area contributed by atoms with E-state index in [1.165, 1.54) is 13.0 Å². The Morgan fingerprint density at radius 2 is 1.78 bits per heavy atom. The monoisotopic (exact) mass is 257 g/mol. The molecule has 2 unspecified atom stereocenters. The van der Waals surface area contributed by atoms with E-state index in [2.05, 4.69) is 30.6 Å². The van der Waals surface area contributed by atoms with Crippen LogP contribution in [0.3, 0.4) is 0 Å². The molecule has 0 aromatic rings. The molecule has 0 amide bonds. The molecule has 1 aliphatic rings. The van der Waals surface area contributed by atoms with Crippen molar-refractivity contribution >= 4 is 0 Å². The van der Waals surface area contributed by atoms with Gasteiger partial charge in [-0.1, -0.05) is 20.8 Å². The molecule has 0 aliphatic carbocycles. The Bertz CT molecular complexity index is 215. The maximum Gasteiger partial charge on any atom is 0.0601 e. The van der Waals surface area contributed by atoms with Gasteiger partial charge in [0, 0.05) is 38.3 Å². The average molecular weight is 257 g/mol. The zero-order chi connectivity index (χ0) is 13.5. The van der Waals surface area contributed by atoms with Crippen molar-refractivity contribution in [2.45, 2.75) is 45.7 Å². The van der Waals surface area contributed by atoms with Crippen LogP contribution in [0.4, 0.5) is 0 Å². The van der Waals surface area contributed by atoms with E-state index in [0.717, 1.165) is 32.6 Å². The van der Waals surface area contributed by atoms with Crippen LogP contribution in [0.15, 0.2) is 0 Å². The fourth-order valence-corrected chi connectivity index (χ4v) is 2.86. The molecule has 0 bridgehead atoms. The molecule has 108 valence electrons. The van der Waals surface area contributed by atoms with Crippen LogP contribution in [0.2, 0.25) is 0 Å². The minimum Gasteiger partial charge on any atom is -0.395 e. The van der Waals surface area contributed by atoms with Gasteiger partial charge >= 0.3 is 0 Å². The van der Waals surface area contributed by atoms with Crippen molar-refractivity contribution in [2.75, 3.05) is 39.3 Å². The van der Waals surface area contributed by atoms with Crippen LogP contribution < -0.4 is 5.73 Å². The van der Waals surface area contributed by atoms with Gasteiger partial charge in [0.2, 0.25) is 0 Å². The van der Waals surface area contributed by atoms with Crippen LogP contribution in [-0.2, 0) is 0 Å².